The van der Waals surface area contributed by atoms with Gasteiger partial charge >= 0.3 is 0 Å². The zero-order valence-corrected chi connectivity index (χ0v) is 16.1. The fourth-order valence-electron chi connectivity index (χ4n) is 3.35. The first-order valence-corrected chi connectivity index (χ1v) is 9.97. The molecule has 1 fully saturated rings. The maximum absolute atomic E-state index is 12.9. The van der Waals surface area contributed by atoms with Gasteiger partial charge in [0.25, 0.3) is 5.91 Å². The highest BCUT2D eigenvalue weighted by molar-refractivity contribution is 7.16. The van der Waals surface area contributed by atoms with Gasteiger partial charge in [0.2, 0.25) is 6.10 Å². The number of carbonyl (C=O) groups excluding carboxylic acids is 1. The van der Waals surface area contributed by atoms with Gasteiger partial charge in [-0.15, -0.1) is 11.3 Å². The maximum atomic E-state index is 12.9. The highest BCUT2D eigenvalue weighted by Gasteiger charge is 2.37. The summed E-state index contributed by atoms with van der Waals surface area (Å²) in [4.78, 5) is 18.4. The molecular formula is C19H21ClN2O3S. The molecule has 2 unspecified atom stereocenters. The molecule has 1 saturated heterocycles. The van der Waals surface area contributed by atoms with Crippen LogP contribution in [0.15, 0.2) is 36.4 Å². The quantitative estimate of drug-likeness (QED) is 0.804. The van der Waals surface area contributed by atoms with Crippen LogP contribution >= 0.6 is 22.9 Å². The van der Waals surface area contributed by atoms with Crippen molar-refractivity contribution in [3.05, 3.63) is 45.6 Å². The fraction of sp³-hybridized carbons (Fsp3) is 0.421. The van der Waals surface area contributed by atoms with Gasteiger partial charge in [-0.3, -0.25) is 9.69 Å². The van der Waals surface area contributed by atoms with Gasteiger partial charge in [-0.05, 0) is 31.2 Å². The Labute approximate surface area is 162 Å². The summed E-state index contributed by atoms with van der Waals surface area (Å²) in [7, 11) is 0. The molecule has 26 heavy (non-hydrogen) atoms. The van der Waals surface area contributed by atoms with Gasteiger partial charge in [0, 0.05) is 37.6 Å². The Morgan fingerprint density at radius 3 is 2.46 bits per heavy atom. The molecule has 1 aromatic carbocycles. The van der Waals surface area contributed by atoms with Gasteiger partial charge in [-0.2, -0.15) is 0 Å². The lowest BCUT2D eigenvalue weighted by Gasteiger charge is -2.38. The Morgan fingerprint density at radius 1 is 1.12 bits per heavy atom. The summed E-state index contributed by atoms with van der Waals surface area (Å²) in [5.41, 5.74) is 0. The van der Waals surface area contributed by atoms with Crippen LogP contribution in [0.3, 0.4) is 0 Å². The number of hydrogen-bond acceptors (Lipinski definition) is 5. The van der Waals surface area contributed by atoms with Crippen molar-refractivity contribution in [2.75, 3.05) is 26.2 Å². The number of para-hydroxylation sites is 2. The highest BCUT2D eigenvalue weighted by atomic mass is 35.5. The molecule has 0 bridgehead atoms. The fourth-order valence-corrected chi connectivity index (χ4v) is 4.48. The van der Waals surface area contributed by atoms with Crippen molar-refractivity contribution in [1.82, 2.24) is 9.80 Å². The van der Waals surface area contributed by atoms with Crippen LogP contribution in [0.1, 0.15) is 11.8 Å². The minimum atomic E-state index is -0.590. The third-order valence-electron chi connectivity index (χ3n) is 4.78. The number of piperazine rings is 1. The molecule has 3 heterocycles. The second-order valence-corrected chi connectivity index (χ2v) is 8.42. The largest absolute Gasteiger partial charge is 0.482 e. The van der Waals surface area contributed by atoms with Gasteiger partial charge in [0.1, 0.15) is 6.10 Å². The van der Waals surface area contributed by atoms with Gasteiger partial charge in [-0.25, -0.2) is 0 Å². The molecule has 2 aromatic rings. The first-order chi connectivity index (χ1) is 12.6. The van der Waals surface area contributed by atoms with Gasteiger partial charge < -0.3 is 14.4 Å². The summed E-state index contributed by atoms with van der Waals surface area (Å²) in [6, 6.07) is 11.5. The predicted octanol–water partition coefficient (Wildman–Crippen LogP) is 3.27. The molecule has 2 atom stereocenters. The molecule has 2 aliphatic heterocycles. The summed E-state index contributed by atoms with van der Waals surface area (Å²) in [6.45, 7) is 5.86. The van der Waals surface area contributed by atoms with Crippen LogP contribution in [0.25, 0.3) is 0 Å². The summed E-state index contributed by atoms with van der Waals surface area (Å²) in [5.74, 6) is 1.34. The first-order valence-electron chi connectivity index (χ1n) is 8.78. The van der Waals surface area contributed by atoms with Gasteiger partial charge in [-0.1, -0.05) is 23.7 Å². The molecule has 1 aromatic heterocycles. The third-order valence-corrected chi connectivity index (χ3v) is 5.99. The van der Waals surface area contributed by atoms with E-state index in [4.69, 9.17) is 21.1 Å². The number of nitrogens with zero attached hydrogens (tertiary/aromatic N) is 2. The lowest BCUT2D eigenvalue weighted by molar-refractivity contribution is -0.146. The molecule has 4 rings (SSSR count). The minimum Gasteiger partial charge on any atom is -0.482 e. The molecule has 7 heteroatoms. The van der Waals surface area contributed by atoms with E-state index in [0.29, 0.717) is 24.6 Å². The smallest absolute Gasteiger partial charge is 0.267 e. The average molecular weight is 393 g/mol. The first kappa shape index (κ1) is 17.6. The zero-order chi connectivity index (χ0) is 18.1. The zero-order valence-electron chi connectivity index (χ0n) is 14.6. The van der Waals surface area contributed by atoms with Crippen molar-refractivity contribution in [2.45, 2.75) is 25.7 Å². The second-order valence-electron chi connectivity index (χ2n) is 6.62. The number of thiophene rings is 1. The summed E-state index contributed by atoms with van der Waals surface area (Å²) in [6.07, 6.45) is -0.892. The van der Waals surface area contributed by atoms with Crippen LogP contribution < -0.4 is 9.47 Å². The molecular weight excluding hydrogens is 372 g/mol. The highest BCUT2D eigenvalue weighted by Crippen LogP contribution is 2.34. The number of fused-ring (bicyclic) bond motifs is 1. The van der Waals surface area contributed by atoms with E-state index in [0.717, 1.165) is 24.0 Å². The van der Waals surface area contributed by atoms with E-state index in [1.54, 1.807) is 11.3 Å². The SMILES string of the molecule is CC1Oc2ccccc2OC1C(=O)N1CCN(Cc2ccc(Cl)s2)CC1. The Hall–Kier alpha value is -1.76. The monoisotopic (exact) mass is 392 g/mol. The van der Waals surface area contributed by atoms with Crippen molar-refractivity contribution < 1.29 is 14.3 Å². The van der Waals surface area contributed by atoms with E-state index in [-0.39, 0.29) is 12.0 Å². The molecule has 0 saturated carbocycles. The van der Waals surface area contributed by atoms with Crippen LogP contribution in [0.4, 0.5) is 0 Å². The second kappa shape index (κ2) is 7.47. The van der Waals surface area contributed by atoms with Crippen molar-refractivity contribution in [2.24, 2.45) is 0 Å². The summed E-state index contributed by atoms with van der Waals surface area (Å²) in [5, 5.41) is 0. The Bertz CT molecular complexity index is 789. The van der Waals surface area contributed by atoms with E-state index >= 15 is 0 Å². The van der Waals surface area contributed by atoms with Crippen LogP contribution in [0.5, 0.6) is 11.5 Å². The number of carbonyl (C=O) groups is 1. The summed E-state index contributed by atoms with van der Waals surface area (Å²) >= 11 is 7.61. The van der Waals surface area contributed by atoms with E-state index in [2.05, 4.69) is 11.0 Å². The maximum Gasteiger partial charge on any atom is 0.267 e. The molecule has 0 aliphatic carbocycles. The molecule has 0 radical (unpaired) electrons. The molecule has 0 N–H and O–H groups in total. The van der Waals surface area contributed by atoms with E-state index in [1.807, 2.05) is 42.2 Å². The number of halogens is 1. The van der Waals surface area contributed by atoms with Crippen molar-refractivity contribution >= 4 is 28.8 Å². The molecule has 1 amide bonds. The van der Waals surface area contributed by atoms with E-state index < -0.39 is 6.10 Å². The van der Waals surface area contributed by atoms with Crippen LogP contribution in [0, 0.1) is 0 Å². The number of rotatable bonds is 3. The van der Waals surface area contributed by atoms with Crippen LogP contribution in [-0.2, 0) is 11.3 Å². The van der Waals surface area contributed by atoms with Crippen LogP contribution in [0.2, 0.25) is 4.34 Å². The minimum absolute atomic E-state index is 0.00539. The van der Waals surface area contributed by atoms with Crippen molar-refractivity contribution in [3.63, 3.8) is 0 Å². The number of amides is 1. The Kier molecular flexibility index (Phi) is 5.07. The molecule has 2 aliphatic rings. The summed E-state index contributed by atoms with van der Waals surface area (Å²) < 4.78 is 12.6. The van der Waals surface area contributed by atoms with E-state index in [9.17, 15) is 4.79 Å². The predicted molar refractivity (Wildman–Crippen MR) is 102 cm³/mol. The van der Waals surface area contributed by atoms with Crippen LogP contribution in [-0.4, -0.2) is 54.1 Å². The van der Waals surface area contributed by atoms with Crippen molar-refractivity contribution in [3.8, 4) is 11.5 Å². The van der Waals surface area contributed by atoms with Gasteiger partial charge in [0.05, 0.1) is 4.34 Å². The average Bonchev–Trinajstić information content (AvgIpc) is 3.06. The topological polar surface area (TPSA) is 42.0 Å². The van der Waals surface area contributed by atoms with Gasteiger partial charge in [0.15, 0.2) is 11.5 Å². The Balaban J connectivity index is 1.35. The molecule has 5 nitrogen and oxygen atoms in total. The van der Waals surface area contributed by atoms with E-state index in [1.165, 1.54) is 4.88 Å². The number of benzene rings is 1. The standard InChI is InChI=1S/C19H21ClN2O3S/c1-13-18(25-16-5-3-2-4-15(16)24-13)19(23)22-10-8-21(9-11-22)12-14-6-7-17(20)26-14/h2-7,13,18H,8-12H2,1H3. The number of hydrogen-bond donors (Lipinski definition) is 0. The molecule has 138 valence electrons. The normalized spacial score (nSPS) is 23.1. The lowest BCUT2D eigenvalue weighted by atomic mass is 10.1. The molecule has 0 spiro atoms. The Morgan fingerprint density at radius 2 is 1.81 bits per heavy atom. The third kappa shape index (κ3) is 3.68. The number of ether oxygens (including phenoxy) is 2. The lowest BCUT2D eigenvalue weighted by Crippen LogP contribution is -2.55. The van der Waals surface area contributed by atoms with Crippen molar-refractivity contribution in [1.29, 1.82) is 0 Å².